The standard InChI is InChI=1S/C9H17N3O2S/c1-14-7-4-11-9(15)12-5-2-8(13)10-3-6-12/h2-7H2,1H3,(H,10,13)(H,11,15). The third-order valence-corrected chi connectivity index (χ3v) is 2.58. The molecule has 0 saturated carbocycles. The number of nitrogens with zero attached hydrogens (tertiary/aromatic N) is 1. The summed E-state index contributed by atoms with van der Waals surface area (Å²) < 4.78 is 4.91. The number of methoxy groups -OCH3 is 1. The summed E-state index contributed by atoms with van der Waals surface area (Å²) in [6, 6.07) is 0. The molecule has 1 amide bonds. The summed E-state index contributed by atoms with van der Waals surface area (Å²) in [7, 11) is 1.65. The molecule has 2 N–H and O–H groups in total. The second-order valence-corrected chi connectivity index (χ2v) is 3.70. The number of ether oxygens (including phenoxy) is 1. The van der Waals surface area contributed by atoms with Crippen molar-refractivity contribution in [1.29, 1.82) is 0 Å². The molecule has 6 heteroatoms. The summed E-state index contributed by atoms with van der Waals surface area (Å²) >= 11 is 5.21. The molecule has 0 aromatic rings. The van der Waals surface area contributed by atoms with E-state index in [-0.39, 0.29) is 5.91 Å². The molecular formula is C9H17N3O2S. The number of nitrogens with one attached hydrogen (secondary N) is 2. The van der Waals surface area contributed by atoms with E-state index >= 15 is 0 Å². The Labute approximate surface area is 95.1 Å². The van der Waals surface area contributed by atoms with Crippen LogP contribution in [0, 0.1) is 0 Å². The SMILES string of the molecule is COCCNC(=S)N1CCNC(=O)CC1. The topological polar surface area (TPSA) is 53.6 Å². The summed E-state index contributed by atoms with van der Waals surface area (Å²) in [6.45, 7) is 3.44. The van der Waals surface area contributed by atoms with Gasteiger partial charge in [-0.3, -0.25) is 4.79 Å². The Hall–Kier alpha value is -0.880. The Morgan fingerprint density at radius 2 is 2.47 bits per heavy atom. The minimum absolute atomic E-state index is 0.0946. The highest BCUT2D eigenvalue weighted by Gasteiger charge is 2.14. The average Bonchev–Trinajstić information content (AvgIpc) is 2.43. The Bertz CT molecular complexity index is 235. The van der Waals surface area contributed by atoms with Crippen LogP contribution < -0.4 is 10.6 Å². The Morgan fingerprint density at radius 1 is 1.67 bits per heavy atom. The van der Waals surface area contributed by atoms with Gasteiger partial charge in [-0.1, -0.05) is 0 Å². The highest BCUT2D eigenvalue weighted by Crippen LogP contribution is 1.96. The second kappa shape index (κ2) is 6.58. The maximum Gasteiger partial charge on any atom is 0.221 e. The number of thiocarbonyl (C=S) groups is 1. The van der Waals surface area contributed by atoms with E-state index < -0.39 is 0 Å². The number of carbonyl (C=O) groups excluding carboxylic acids is 1. The molecule has 1 heterocycles. The van der Waals surface area contributed by atoms with Gasteiger partial charge >= 0.3 is 0 Å². The molecule has 1 rings (SSSR count). The summed E-state index contributed by atoms with van der Waals surface area (Å²) in [5.41, 5.74) is 0. The third-order valence-electron chi connectivity index (χ3n) is 2.18. The van der Waals surface area contributed by atoms with E-state index in [9.17, 15) is 4.79 Å². The minimum atomic E-state index is 0.0946. The fraction of sp³-hybridized carbons (Fsp3) is 0.778. The van der Waals surface area contributed by atoms with Crippen molar-refractivity contribution in [3.05, 3.63) is 0 Å². The molecule has 1 aliphatic rings. The zero-order valence-corrected chi connectivity index (χ0v) is 9.73. The second-order valence-electron chi connectivity index (χ2n) is 3.31. The molecule has 1 fully saturated rings. The van der Waals surface area contributed by atoms with Gasteiger partial charge in [0.1, 0.15) is 0 Å². The normalized spacial score (nSPS) is 16.9. The van der Waals surface area contributed by atoms with E-state index in [4.69, 9.17) is 17.0 Å². The molecule has 1 saturated heterocycles. The van der Waals surface area contributed by atoms with E-state index in [0.717, 1.165) is 6.54 Å². The van der Waals surface area contributed by atoms with Gasteiger partial charge in [0.05, 0.1) is 6.61 Å². The lowest BCUT2D eigenvalue weighted by molar-refractivity contribution is -0.120. The highest BCUT2D eigenvalue weighted by atomic mass is 32.1. The molecule has 0 bridgehead atoms. The fourth-order valence-corrected chi connectivity index (χ4v) is 1.63. The van der Waals surface area contributed by atoms with Crippen molar-refractivity contribution in [2.24, 2.45) is 0 Å². The predicted molar refractivity (Wildman–Crippen MR) is 61.7 cm³/mol. The molecule has 0 spiro atoms. The molecule has 0 aromatic carbocycles. The lowest BCUT2D eigenvalue weighted by Gasteiger charge is -2.23. The lowest BCUT2D eigenvalue weighted by Crippen LogP contribution is -2.42. The number of rotatable bonds is 3. The van der Waals surface area contributed by atoms with E-state index in [0.29, 0.717) is 37.8 Å². The first kappa shape index (κ1) is 12.2. The summed E-state index contributed by atoms with van der Waals surface area (Å²) in [5.74, 6) is 0.0946. The van der Waals surface area contributed by atoms with Crippen molar-refractivity contribution in [2.45, 2.75) is 6.42 Å². The molecule has 0 aliphatic carbocycles. The smallest absolute Gasteiger partial charge is 0.221 e. The maximum atomic E-state index is 11.1. The number of hydrogen-bond donors (Lipinski definition) is 2. The summed E-state index contributed by atoms with van der Waals surface area (Å²) in [5, 5.41) is 6.59. The van der Waals surface area contributed by atoms with Crippen LogP contribution in [0.3, 0.4) is 0 Å². The molecular weight excluding hydrogens is 214 g/mol. The molecule has 0 atom stereocenters. The van der Waals surface area contributed by atoms with Crippen LogP contribution in [-0.2, 0) is 9.53 Å². The zero-order valence-electron chi connectivity index (χ0n) is 8.91. The van der Waals surface area contributed by atoms with Gasteiger partial charge in [-0.05, 0) is 12.2 Å². The van der Waals surface area contributed by atoms with Gasteiger partial charge in [-0.15, -0.1) is 0 Å². The molecule has 15 heavy (non-hydrogen) atoms. The van der Waals surface area contributed by atoms with Gasteiger partial charge in [-0.25, -0.2) is 0 Å². The largest absolute Gasteiger partial charge is 0.383 e. The molecule has 0 radical (unpaired) electrons. The van der Waals surface area contributed by atoms with Crippen LogP contribution in [0.2, 0.25) is 0 Å². The summed E-state index contributed by atoms with van der Waals surface area (Å²) in [6.07, 6.45) is 0.506. The van der Waals surface area contributed by atoms with Crippen LogP contribution >= 0.6 is 12.2 Å². The first-order valence-corrected chi connectivity index (χ1v) is 5.43. The predicted octanol–water partition coefficient (Wildman–Crippen LogP) is -0.671. The molecule has 5 nitrogen and oxygen atoms in total. The number of amides is 1. The van der Waals surface area contributed by atoms with Crippen molar-refractivity contribution in [2.75, 3.05) is 39.9 Å². The number of hydrogen-bond acceptors (Lipinski definition) is 3. The van der Waals surface area contributed by atoms with Crippen LogP contribution in [0.25, 0.3) is 0 Å². The van der Waals surface area contributed by atoms with Crippen molar-refractivity contribution in [1.82, 2.24) is 15.5 Å². The zero-order chi connectivity index (χ0) is 11.1. The van der Waals surface area contributed by atoms with E-state index in [1.807, 2.05) is 4.90 Å². The van der Waals surface area contributed by atoms with Crippen LogP contribution in [0.15, 0.2) is 0 Å². The van der Waals surface area contributed by atoms with Gasteiger partial charge in [0.15, 0.2) is 5.11 Å². The molecule has 1 aliphatic heterocycles. The van der Waals surface area contributed by atoms with Crippen molar-refractivity contribution in [3.8, 4) is 0 Å². The lowest BCUT2D eigenvalue weighted by atomic mass is 10.4. The monoisotopic (exact) mass is 231 g/mol. The van der Waals surface area contributed by atoms with Crippen molar-refractivity contribution >= 4 is 23.2 Å². The van der Waals surface area contributed by atoms with Crippen molar-refractivity contribution < 1.29 is 9.53 Å². The molecule has 86 valence electrons. The van der Waals surface area contributed by atoms with Gasteiger partial charge in [0, 0.05) is 39.7 Å². The van der Waals surface area contributed by atoms with Crippen molar-refractivity contribution in [3.63, 3.8) is 0 Å². The van der Waals surface area contributed by atoms with Crippen LogP contribution in [0.4, 0.5) is 0 Å². The first-order chi connectivity index (χ1) is 7.24. The van der Waals surface area contributed by atoms with Crippen LogP contribution in [0.1, 0.15) is 6.42 Å². The molecule has 0 unspecified atom stereocenters. The highest BCUT2D eigenvalue weighted by molar-refractivity contribution is 7.80. The van der Waals surface area contributed by atoms with Crippen LogP contribution in [0.5, 0.6) is 0 Å². The minimum Gasteiger partial charge on any atom is -0.383 e. The first-order valence-electron chi connectivity index (χ1n) is 5.02. The van der Waals surface area contributed by atoms with Gasteiger partial charge in [-0.2, -0.15) is 0 Å². The van der Waals surface area contributed by atoms with E-state index in [2.05, 4.69) is 10.6 Å². The van der Waals surface area contributed by atoms with Gasteiger partial charge < -0.3 is 20.3 Å². The molecule has 0 aromatic heterocycles. The van der Waals surface area contributed by atoms with E-state index in [1.54, 1.807) is 7.11 Å². The quantitative estimate of drug-likeness (QED) is 0.498. The van der Waals surface area contributed by atoms with Gasteiger partial charge in [0.25, 0.3) is 0 Å². The average molecular weight is 231 g/mol. The summed E-state index contributed by atoms with van der Waals surface area (Å²) in [4.78, 5) is 13.1. The maximum absolute atomic E-state index is 11.1. The Morgan fingerprint density at radius 3 is 3.20 bits per heavy atom. The van der Waals surface area contributed by atoms with E-state index in [1.165, 1.54) is 0 Å². The Kier molecular flexibility index (Phi) is 5.34. The van der Waals surface area contributed by atoms with Crippen LogP contribution in [-0.4, -0.2) is 55.8 Å². The fourth-order valence-electron chi connectivity index (χ4n) is 1.34. The van der Waals surface area contributed by atoms with Gasteiger partial charge in [0.2, 0.25) is 5.91 Å². The Balaban J connectivity index is 2.28. The third kappa shape index (κ3) is 4.44. The number of carbonyl (C=O) groups is 1.